The van der Waals surface area contributed by atoms with Gasteiger partial charge in [-0.1, -0.05) is 18.2 Å². The van der Waals surface area contributed by atoms with Crippen molar-refractivity contribution in [1.82, 2.24) is 9.80 Å². The number of hydrogen-bond donors (Lipinski definition) is 0. The van der Waals surface area contributed by atoms with Crippen molar-refractivity contribution in [2.45, 2.75) is 12.5 Å². The number of benzene rings is 2. The maximum absolute atomic E-state index is 12.8. The molecule has 0 radical (unpaired) electrons. The summed E-state index contributed by atoms with van der Waals surface area (Å²) in [5.41, 5.74) is 1.70. The number of methoxy groups -OCH3 is 1. The van der Waals surface area contributed by atoms with Crippen LogP contribution < -0.4 is 9.47 Å². The first-order valence-corrected chi connectivity index (χ1v) is 9.12. The molecule has 2 aromatic rings. The van der Waals surface area contributed by atoms with Crippen LogP contribution in [0.3, 0.4) is 0 Å². The predicted molar refractivity (Wildman–Crippen MR) is 100 cm³/mol. The number of fused-ring (bicyclic) bond motifs is 1. The minimum Gasteiger partial charge on any atom is -0.497 e. The summed E-state index contributed by atoms with van der Waals surface area (Å²) < 4.78 is 10.9. The van der Waals surface area contributed by atoms with E-state index < -0.39 is 6.10 Å². The third kappa shape index (κ3) is 3.47. The van der Waals surface area contributed by atoms with Gasteiger partial charge >= 0.3 is 0 Å². The van der Waals surface area contributed by atoms with E-state index in [1.165, 1.54) is 0 Å². The van der Waals surface area contributed by atoms with E-state index in [9.17, 15) is 9.59 Å². The summed E-state index contributed by atoms with van der Waals surface area (Å²) in [4.78, 5) is 29.0. The van der Waals surface area contributed by atoms with E-state index in [4.69, 9.17) is 9.47 Å². The first-order valence-electron chi connectivity index (χ1n) is 9.12. The molecule has 0 bridgehead atoms. The van der Waals surface area contributed by atoms with E-state index in [-0.39, 0.29) is 11.8 Å². The molecule has 4 rings (SSSR count). The van der Waals surface area contributed by atoms with Gasteiger partial charge in [-0.15, -0.1) is 0 Å². The topological polar surface area (TPSA) is 59.1 Å². The second-order valence-corrected chi connectivity index (χ2v) is 6.76. The zero-order valence-electron chi connectivity index (χ0n) is 15.3. The minimum atomic E-state index is -0.453. The number of para-hydroxylation sites is 1. The largest absolute Gasteiger partial charge is 0.497 e. The van der Waals surface area contributed by atoms with Crippen LogP contribution in [0.4, 0.5) is 0 Å². The Hall–Kier alpha value is -3.02. The SMILES string of the molecule is COc1ccc(C(=O)N2CCN(C(=O)C3Cc4ccccc4O3)CC2)cc1. The lowest BCUT2D eigenvalue weighted by molar-refractivity contribution is -0.139. The van der Waals surface area contributed by atoms with Crippen LogP contribution in [0.15, 0.2) is 48.5 Å². The smallest absolute Gasteiger partial charge is 0.264 e. The first-order chi connectivity index (χ1) is 13.2. The molecule has 2 aliphatic rings. The zero-order chi connectivity index (χ0) is 18.8. The van der Waals surface area contributed by atoms with E-state index in [0.717, 1.165) is 17.1 Å². The fourth-order valence-electron chi connectivity index (χ4n) is 3.57. The van der Waals surface area contributed by atoms with Gasteiger partial charge < -0.3 is 19.3 Å². The Morgan fingerprint density at radius 3 is 2.30 bits per heavy atom. The second-order valence-electron chi connectivity index (χ2n) is 6.76. The molecule has 2 amide bonds. The quantitative estimate of drug-likeness (QED) is 0.834. The molecule has 27 heavy (non-hydrogen) atoms. The number of ether oxygens (including phenoxy) is 2. The molecule has 1 unspecified atom stereocenters. The highest BCUT2D eigenvalue weighted by Crippen LogP contribution is 2.29. The molecule has 1 saturated heterocycles. The molecule has 1 atom stereocenters. The van der Waals surface area contributed by atoms with Gasteiger partial charge in [-0.2, -0.15) is 0 Å². The zero-order valence-corrected chi connectivity index (χ0v) is 15.3. The normalized spacial score (nSPS) is 18.6. The summed E-state index contributed by atoms with van der Waals surface area (Å²) in [6.07, 6.45) is 0.159. The maximum Gasteiger partial charge on any atom is 0.264 e. The van der Waals surface area contributed by atoms with Crippen LogP contribution in [-0.2, 0) is 11.2 Å². The summed E-state index contributed by atoms with van der Waals surface area (Å²) in [7, 11) is 1.60. The lowest BCUT2D eigenvalue weighted by Crippen LogP contribution is -2.53. The van der Waals surface area contributed by atoms with Crippen molar-refractivity contribution >= 4 is 11.8 Å². The van der Waals surface area contributed by atoms with E-state index in [0.29, 0.717) is 38.2 Å². The number of carbonyl (C=O) groups excluding carboxylic acids is 2. The molecule has 2 heterocycles. The van der Waals surface area contributed by atoms with Gasteiger partial charge in [0.2, 0.25) is 0 Å². The molecule has 0 saturated carbocycles. The van der Waals surface area contributed by atoms with E-state index in [1.54, 1.807) is 41.2 Å². The molecule has 2 aliphatic heterocycles. The summed E-state index contributed by atoms with van der Waals surface area (Å²) in [6, 6.07) is 14.9. The first kappa shape index (κ1) is 17.4. The summed E-state index contributed by atoms with van der Waals surface area (Å²) in [6.45, 7) is 2.10. The third-order valence-corrected chi connectivity index (χ3v) is 5.14. The van der Waals surface area contributed by atoms with Crippen molar-refractivity contribution in [2.75, 3.05) is 33.3 Å². The number of nitrogens with zero attached hydrogens (tertiary/aromatic N) is 2. The van der Waals surface area contributed by atoms with Gasteiger partial charge in [-0.05, 0) is 35.9 Å². The van der Waals surface area contributed by atoms with Crippen LogP contribution in [-0.4, -0.2) is 61.0 Å². The van der Waals surface area contributed by atoms with Gasteiger partial charge in [0.1, 0.15) is 11.5 Å². The van der Waals surface area contributed by atoms with Crippen LogP contribution >= 0.6 is 0 Å². The fourth-order valence-corrected chi connectivity index (χ4v) is 3.57. The van der Waals surface area contributed by atoms with Crippen LogP contribution in [0.2, 0.25) is 0 Å². The molecule has 6 nitrogen and oxygen atoms in total. The molecule has 0 N–H and O–H groups in total. The maximum atomic E-state index is 12.8. The molecule has 0 aliphatic carbocycles. The molecular formula is C21H22N2O4. The van der Waals surface area contributed by atoms with Gasteiger partial charge in [-0.25, -0.2) is 0 Å². The Kier molecular flexibility index (Phi) is 4.71. The van der Waals surface area contributed by atoms with Crippen molar-refractivity contribution in [3.05, 3.63) is 59.7 Å². The third-order valence-electron chi connectivity index (χ3n) is 5.14. The highest BCUT2D eigenvalue weighted by atomic mass is 16.5. The Balaban J connectivity index is 1.33. The average molecular weight is 366 g/mol. The van der Waals surface area contributed by atoms with Crippen molar-refractivity contribution in [1.29, 1.82) is 0 Å². The number of rotatable bonds is 3. The number of piperazine rings is 1. The van der Waals surface area contributed by atoms with Crippen molar-refractivity contribution < 1.29 is 19.1 Å². The molecule has 6 heteroatoms. The second kappa shape index (κ2) is 7.31. The highest BCUT2D eigenvalue weighted by Gasteiger charge is 2.34. The van der Waals surface area contributed by atoms with Gasteiger partial charge in [0.25, 0.3) is 11.8 Å². The number of amides is 2. The van der Waals surface area contributed by atoms with Crippen molar-refractivity contribution in [3.8, 4) is 11.5 Å². The van der Waals surface area contributed by atoms with Gasteiger partial charge in [-0.3, -0.25) is 9.59 Å². The lowest BCUT2D eigenvalue weighted by Gasteiger charge is -2.35. The molecule has 0 spiro atoms. The minimum absolute atomic E-state index is 0.00254. The lowest BCUT2D eigenvalue weighted by atomic mass is 10.1. The molecule has 1 fully saturated rings. The van der Waals surface area contributed by atoms with Crippen LogP contribution in [0.25, 0.3) is 0 Å². The summed E-state index contributed by atoms with van der Waals surface area (Å²) in [5.74, 6) is 1.50. The Morgan fingerprint density at radius 1 is 0.963 bits per heavy atom. The Labute approximate surface area is 158 Å². The number of carbonyl (C=O) groups is 2. The fraction of sp³-hybridized carbons (Fsp3) is 0.333. The molecular weight excluding hydrogens is 344 g/mol. The highest BCUT2D eigenvalue weighted by molar-refractivity contribution is 5.94. The Morgan fingerprint density at radius 2 is 1.63 bits per heavy atom. The summed E-state index contributed by atoms with van der Waals surface area (Å²) >= 11 is 0. The predicted octanol–water partition coefficient (Wildman–Crippen LogP) is 1.98. The summed E-state index contributed by atoms with van der Waals surface area (Å²) in [5, 5.41) is 0. The van der Waals surface area contributed by atoms with E-state index in [1.807, 2.05) is 24.3 Å². The Bertz CT molecular complexity index is 817. The van der Waals surface area contributed by atoms with Crippen LogP contribution in [0, 0.1) is 0 Å². The number of hydrogen-bond acceptors (Lipinski definition) is 4. The van der Waals surface area contributed by atoms with Crippen molar-refractivity contribution in [3.63, 3.8) is 0 Å². The molecule has 0 aromatic heterocycles. The average Bonchev–Trinajstić information content (AvgIpc) is 3.17. The van der Waals surface area contributed by atoms with Gasteiger partial charge in [0.05, 0.1) is 7.11 Å². The van der Waals surface area contributed by atoms with E-state index >= 15 is 0 Å². The molecule has 140 valence electrons. The molecule has 2 aromatic carbocycles. The van der Waals surface area contributed by atoms with Crippen LogP contribution in [0.1, 0.15) is 15.9 Å². The van der Waals surface area contributed by atoms with E-state index in [2.05, 4.69) is 0 Å². The monoisotopic (exact) mass is 366 g/mol. The van der Waals surface area contributed by atoms with Crippen LogP contribution in [0.5, 0.6) is 11.5 Å². The van der Waals surface area contributed by atoms with Gasteiger partial charge in [0, 0.05) is 38.2 Å². The standard InChI is InChI=1S/C21H22N2O4/c1-26-17-8-6-15(7-9-17)20(24)22-10-12-23(13-11-22)21(25)19-14-16-4-2-3-5-18(16)27-19/h2-9,19H,10-14H2,1H3. The van der Waals surface area contributed by atoms with Gasteiger partial charge in [0.15, 0.2) is 6.10 Å². The van der Waals surface area contributed by atoms with Crippen molar-refractivity contribution in [2.24, 2.45) is 0 Å².